The summed E-state index contributed by atoms with van der Waals surface area (Å²) in [5.41, 5.74) is -1.39. The second-order valence-corrected chi connectivity index (χ2v) is 8.94. The average molecular weight is 398 g/mol. The molecule has 164 valence electrons. The quantitative estimate of drug-likeness (QED) is 0.212. The molecule has 0 aromatic heterocycles. The third-order valence-corrected chi connectivity index (χ3v) is 4.63. The molecule has 0 spiro atoms. The Hall–Kier alpha value is -1.17. The van der Waals surface area contributed by atoms with E-state index in [0.717, 1.165) is 25.7 Å². The van der Waals surface area contributed by atoms with E-state index in [-0.39, 0.29) is 0 Å². The topological polar surface area (TPSA) is 80.6 Å². The molecule has 0 radical (unpaired) electrons. The van der Waals surface area contributed by atoms with Gasteiger partial charge in [-0.15, -0.1) is 0 Å². The van der Waals surface area contributed by atoms with Crippen LogP contribution in [-0.4, -0.2) is 60.6 Å². The number of rotatable bonds is 18. The predicted octanol–water partition coefficient (Wildman–Crippen LogP) is 2.96. The summed E-state index contributed by atoms with van der Waals surface area (Å²) in [5, 5.41) is 30.2. The maximum Gasteiger partial charge on any atom is 0.137 e. The van der Waals surface area contributed by atoms with Crippen molar-refractivity contribution in [1.82, 2.24) is 0 Å². The molecule has 0 heterocycles. The van der Waals surface area contributed by atoms with Gasteiger partial charge in [-0.25, -0.2) is 0 Å². The molecule has 0 saturated heterocycles. The van der Waals surface area contributed by atoms with Crippen LogP contribution in [0.2, 0.25) is 0 Å². The largest absolute Gasteiger partial charge is 0.550 e. The minimum Gasteiger partial charge on any atom is -0.550 e. The maximum absolute atomic E-state index is 10.9. The lowest BCUT2D eigenvalue weighted by atomic mass is 9.97. The monoisotopic (exact) mass is 397 g/mol. The number of aliphatic hydroxyl groups is 2. The van der Waals surface area contributed by atoms with Gasteiger partial charge in [0, 0.05) is 19.0 Å². The van der Waals surface area contributed by atoms with E-state index in [1.54, 1.807) is 12.2 Å². The molecule has 0 saturated carbocycles. The van der Waals surface area contributed by atoms with E-state index in [1.165, 1.54) is 44.9 Å². The van der Waals surface area contributed by atoms with Crippen molar-refractivity contribution in [2.45, 2.75) is 82.7 Å². The predicted molar refractivity (Wildman–Crippen MR) is 114 cm³/mol. The molecule has 0 aliphatic rings. The van der Waals surface area contributed by atoms with Crippen LogP contribution < -0.4 is 5.11 Å². The Morgan fingerprint density at radius 3 is 1.86 bits per heavy atom. The zero-order valence-electron chi connectivity index (χ0n) is 18.4. The van der Waals surface area contributed by atoms with Crippen LogP contribution in [-0.2, 0) is 4.79 Å². The van der Waals surface area contributed by atoms with Crippen LogP contribution in [0.5, 0.6) is 0 Å². The highest BCUT2D eigenvalue weighted by molar-refractivity contribution is 5.66. The van der Waals surface area contributed by atoms with Crippen LogP contribution in [0.1, 0.15) is 77.0 Å². The Kier molecular flexibility index (Phi) is 15.1. The van der Waals surface area contributed by atoms with Crippen LogP contribution in [0.15, 0.2) is 24.3 Å². The Balaban J connectivity index is 3.87. The number of aliphatic hydroxyl groups excluding tert-OH is 1. The fourth-order valence-corrected chi connectivity index (χ4v) is 3.44. The van der Waals surface area contributed by atoms with Crippen molar-refractivity contribution < 1.29 is 24.6 Å². The zero-order chi connectivity index (χ0) is 21.3. The second-order valence-electron chi connectivity index (χ2n) is 8.94. The maximum atomic E-state index is 10.9. The standard InChI is InChI=1S/C23H43NO4/c1-24(2,3)21-23(28,20-22(26)27)18-16-14-12-10-8-6-4-5-7-9-11-13-15-17-19-25/h12,14,16,18,25,28H,4-11,13,15,17,19-21H2,1-3H3. The van der Waals surface area contributed by atoms with Gasteiger partial charge in [0.05, 0.1) is 21.1 Å². The third-order valence-electron chi connectivity index (χ3n) is 4.63. The molecule has 1 unspecified atom stereocenters. The van der Waals surface area contributed by atoms with E-state index in [4.69, 9.17) is 5.11 Å². The van der Waals surface area contributed by atoms with Crippen LogP contribution in [0.25, 0.3) is 0 Å². The van der Waals surface area contributed by atoms with Crippen LogP contribution in [0, 0.1) is 0 Å². The SMILES string of the molecule is C[N+](C)(C)CC(O)(C=CC=CCCCCCCCCCCCCO)CC(=O)[O-]. The van der Waals surface area contributed by atoms with E-state index in [9.17, 15) is 15.0 Å². The van der Waals surface area contributed by atoms with Gasteiger partial charge in [0.15, 0.2) is 0 Å². The molecule has 0 amide bonds. The summed E-state index contributed by atoms with van der Waals surface area (Å²) in [7, 11) is 5.75. The number of carboxylic acids is 1. The van der Waals surface area contributed by atoms with E-state index in [2.05, 4.69) is 6.08 Å². The highest BCUT2D eigenvalue weighted by Gasteiger charge is 2.30. The molecule has 5 nitrogen and oxygen atoms in total. The highest BCUT2D eigenvalue weighted by atomic mass is 16.4. The first-order valence-corrected chi connectivity index (χ1v) is 10.9. The molecule has 2 N–H and O–H groups in total. The molecule has 0 fully saturated rings. The number of carbonyl (C=O) groups excluding carboxylic acids is 1. The van der Waals surface area contributed by atoms with E-state index in [1.807, 2.05) is 27.2 Å². The van der Waals surface area contributed by atoms with E-state index < -0.39 is 18.0 Å². The molecule has 0 aliphatic heterocycles. The van der Waals surface area contributed by atoms with Crippen LogP contribution >= 0.6 is 0 Å². The molecule has 1 atom stereocenters. The van der Waals surface area contributed by atoms with Gasteiger partial charge in [-0.2, -0.15) is 0 Å². The van der Waals surface area contributed by atoms with Gasteiger partial charge in [-0.1, -0.05) is 69.6 Å². The number of aliphatic carboxylic acids is 1. The van der Waals surface area contributed by atoms with Crippen molar-refractivity contribution in [3.05, 3.63) is 24.3 Å². The number of quaternary nitrogens is 1. The number of likely N-dealkylation sites (N-methyl/N-ethyl adjacent to an activating group) is 1. The van der Waals surface area contributed by atoms with Gasteiger partial charge >= 0.3 is 0 Å². The lowest BCUT2D eigenvalue weighted by Crippen LogP contribution is -2.50. The van der Waals surface area contributed by atoms with Gasteiger partial charge in [0.1, 0.15) is 12.1 Å². The van der Waals surface area contributed by atoms with Gasteiger partial charge in [-0.3, -0.25) is 0 Å². The average Bonchev–Trinajstić information content (AvgIpc) is 2.55. The van der Waals surface area contributed by atoms with Gasteiger partial charge < -0.3 is 24.6 Å². The van der Waals surface area contributed by atoms with E-state index >= 15 is 0 Å². The molecule has 5 heteroatoms. The molecule has 0 aliphatic carbocycles. The summed E-state index contributed by atoms with van der Waals surface area (Å²) in [6.07, 6.45) is 20.1. The normalized spacial score (nSPS) is 14.8. The van der Waals surface area contributed by atoms with Crippen LogP contribution in [0.4, 0.5) is 0 Å². The molecule has 0 bridgehead atoms. The van der Waals surface area contributed by atoms with Crippen molar-refractivity contribution in [2.75, 3.05) is 34.3 Å². The fraction of sp³-hybridized carbons (Fsp3) is 0.783. The first kappa shape index (κ1) is 26.8. The third kappa shape index (κ3) is 18.2. The number of nitrogens with zero attached hydrogens (tertiary/aromatic N) is 1. The number of hydrogen-bond acceptors (Lipinski definition) is 4. The molecule has 28 heavy (non-hydrogen) atoms. The minimum atomic E-state index is -1.39. The minimum absolute atomic E-state index is 0.312. The molecule has 0 aromatic carbocycles. The van der Waals surface area contributed by atoms with Gasteiger partial charge in [0.2, 0.25) is 0 Å². The summed E-state index contributed by atoms with van der Waals surface area (Å²) in [4.78, 5) is 10.9. The summed E-state index contributed by atoms with van der Waals surface area (Å²) in [6, 6.07) is 0. The Labute approximate surface area is 172 Å². The van der Waals surface area contributed by atoms with Crippen molar-refractivity contribution in [1.29, 1.82) is 0 Å². The lowest BCUT2D eigenvalue weighted by molar-refractivity contribution is -0.876. The number of allylic oxidation sites excluding steroid dienone is 3. The van der Waals surface area contributed by atoms with Gasteiger partial charge in [-0.05, 0) is 25.3 Å². The number of carbonyl (C=O) groups is 1. The highest BCUT2D eigenvalue weighted by Crippen LogP contribution is 2.16. The molecule has 0 aromatic rings. The zero-order valence-corrected chi connectivity index (χ0v) is 18.4. The summed E-state index contributed by atoms with van der Waals surface area (Å²) < 4.78 is 0.473. The number of unbranched alkanes of at least 4 members (excludes halogenated alkanes) is 10. The van der Waals surface area contributed by atoms with Crippen molar-refractivity contribution in [3.8, 4) is 0 Å². The summed E-state index contributed by atoms with van der Waals surface area (Å²) in [6.45, 7) is 0.633. The number of hydrogen-bond donors (Lipinski definition) is 2. The second kappa shape index (κ2) is 15.7. The first-order chi connectivity index (χ1) is 13.2. The Morgan fingerprint density at radius 1 is 0.893 bits per heavy atom. The van der Waals surface area contributed by atoms with Crippen molar-refractivity contribution in [3.63, 3.8) is 0 Å². The molecular weight excluding hydrogens is 354 g/mol. The summed E-state index contributed by atoms with van der Waals surface area (Å²) in [5.74, 6) is -1.24. The molecular formula is C23H43NO4. The summed E-state index contributed by atoms with van der Waals surface area (Å²) >= 11 is 0. The van der Waals surface area contributed by atoms with Crippen molar-refractivity contribution in [2.24, 2.45) is 0 Å². The lowest BCUT2D eigenvalue weighted by Gasteiger charge is -2.34. The molecule has 0 rings (SSSR count). The first-order valence-electron chi connectivity index (χ1n) is 10.9. The van der Waals surface area contributed by atoms with Gasteiger partial charge in [0.25, 0.3) is 0 Å². The smallest absolute Gasteiger partial charge is 0.137 e. The number of carboxylic acid groups (broad SMARTS) is 1. The van der Waals surface area contributed by atoms with Crippen molar-refractivity contribution >= 4 is 5.97 Å². The Bertz CT molecular complexity index is 454. The Morgan fingerprint density at radius 2 is 1.39 bits per heavy atom. The van der Waals surface area contributed by atoms with Crippen LogP contribution in [0.3, 0.4) is 0 Å². The van der Waals surface area contributed by atoms with E-state index in [0.29, 0.717) is 17.6 Å². The fourth-order valence-electron chi connectivity index (χ4n) is 3.44.